The Bertz CT molecular complexity index is 656. The molecule has 0 saturated carbocycles. The van der Waals surface area contributed by atoms with Crippen LogP contribution in [0.5, 0.6) is 0 Å². The van der Waals surface area contributed by atoms with Crippen LogP contribution in [0, 0.1) is 0 Å². The number of aromatic nitrogens is 1. The van der Waals surface area contributed by atoms with Gasteiger partial charge in [-0.1, -0.05) is 11.6 Å². The summed E-state index contributed by atoms with van der Waals surface area (Å²) in [5, 5.41) is 0.657. The highest BCUT2D eigenvalue weighted by Gasteiger charge is 2.33. The van der Waals surface area contributed by atoms with Crippen LogP contribution in [0.1, 0.15) is 5.56 Å². The topological polar surface area (TPSA) is 60.0 Å². The van der Waals surface area contributed by atoms with Crippen LogP contribution in [0.2, 0.25) is 5.02 Å². The molecule has 0 atom stereocenters. The second-order valence-corrected chi connectivity index (χ2v) is 8.69. The number of hydrogen-bond acceptors (Lipinski definition) is 5. The van der Waals surface area contributed by atoms with Gasteiger partial charge in [0.2, 0.25) is 0 Å². The average molecular weight is 374 g/mol. The number of rotatable bonds is 4. The predicted octanol–water partition coefficient (Wildman–Crippen LogP) is 0.345. The molecule has 0 amide bonds. The smallest absolute Gasteiger partial charge is 0.282 e. The zero-order valence-electron chi connectivity index (χ0n) is 13.9. The summed E-state index contributed by atoms with van der Waals surface area (Å²) in [6.45, 7) is 5.94. The fourth-order valence-corrected chi connectivity index (χ4v) is 4.83. The zero-order chi connectivity index (χ0) is 17.2. The molecule has 2 aliphatic heterocycles. The van der Waals surface area contributed by atoms with E-state index in [0.29, 0.717) is 44.3 Å². The third-order valence-electron chi connectivity index (χ3n) is 4.70. The number of likely N-dealkylation sites (N-methyl/N-ethyl adjacent to an activating group) is 1. The molecule has 0 unspecified atom stereocenters. The van der Waals surface area contributed by atoms with Crippen LogP contribution >= 0.6 is 11.6 Å². The van der Waals surface area contributed by atoms with E-state index < -0.39 is 10.2 Å². The Hall–Kier alpha value is -0.770. The van der Waals surface area contributed by atoms with Crippen LogP contribution in [0.4, 0.5) is 0 Å². The lowest BCUT2D eigenvalue weighted by atomic mass is 10.2. The van der Waals surface area contributed by atoms with E-state index in [4.69, 9.17) is 11.6 Å². The third-order valence-corrected chi connectivity index (χ3v) is 7.07. The summed E-state index contributed by atoms with van der Waals surface area (Å²) in [7, 11) is -1.31. The molecule has 2 aliphatic rings. The molecule has 2 fully saturated rings. The van der Waals surface area contributed by atoms with Crippen molar-refractivity contribution in [3.63, 3.8) is 0 Å². The van der Waals surface area contributed by atoms with Gasteiger partial charge in [0.15, 0.2) is 0 Å². The van der Waals surface area contributed by atoms with E-state index in [-0.39, 0.29) is 0 Å². The van der Waals surface area contributed by atoms with Gasteiger partial charge >= 0.3 is 0 Å². The molecule has 2 saturated heterocycles. The molecule has 134 valence electrons. The second kappa shape index (κ2) is 7.63. The number of halogens is 1. The van der Waals surface area contributed by atoms with Crippen molar-refractivity contribution in [1.29, 1.82) is 0 Å². The minimum absolute atomic E-state index is 0.525. The van der Waals surface area contributed by atoms with Crippen molar-refractivity contribution in [1.82, 2.24) is 23.4 Å². The van der Waals surface area contributed by atoms with Crippen molar-refractivity contribution < 1.29 is 8.42 Å². The first-order chi connectivity index (χ1) is 11.5. The Morgan fingerprint density at radius 1 is 1.04 bits per heavy atom. The Labute approximate surface area is 149 Å². The first kappa shape index (κ1) is 18.0. The summed E-state index contributed by atoms with van der Waals surface area (Å²) >= 11 is 6.15. The molecule has 0 bridgehead atoms. The predicted molar refractivity (Wildman–Crippen MR) is 94.1 cm³/mol. The van der Waals surface area contributed by atoms with Gasteiger partial charge in [0, 0.05) is 71.3 Å². The highest BCUT2D eigenvalue weighted by molar-refractivity contribution is 7.86. The Balaban J connectivity index is 1.55. The molecule has 0 N–H and O–H groups in total. The Morgan fingerprint density at radius 3 is 2.21 bits per heavy atom. The second-order valence-electron chi connectivity index (χ2n) is 6.35. The fraction of sp³-hybridized carbons (Fsp3) is 0.667. The van der Waals surface area contributed by atoms with E-state index in [9.17, 15) is 8.42 Å². The van der Waals surface area contributed by atoms with E-state index in [1.807, 2.05) is 13.1 Å². The van der Waals surface area contributed by atoms with Crippen LogP contribution in [0.15, 0.2) is 18.5 Å². The van der Waals surface area contributed by atoms with Crippen LogP contribution in [0.3, 0.4) is 0 Å². The molecule has 0 aromatic carbocycles. The molecule has 24 heavy (non-hydrogen) atoms. The van der Waals surface area contributed by atoms with Crippen molar-refractivity contribution in [2.75, 3.05) is 59.4 Å². The van der Waals surface area contributed by atoms with Gasteiger partial charge in [-0.05, 0) is 18.7 Å². The normalized spacial score (nSPS) is 22.8. The Morgan fingerprint density at radius 2 is 1.62 bits per heavy atom. The quantitative estimate of drug-likeness (QED) is 0.762. The van der Waals surface area contributed by atoms with Crippen molar-refractivity contribution >= 4 is 21.8 Å². The molecule has 0 radical (unpaired) electrons. The summed E-state index contributed by atoms with van der Waals surface area (Å²) < 4.78 is 28.7. The Kier molecular flexibility index (Phi) is 5.74. The minimum atomic E-state index is -3.34. The first-order valence-corrected chi connectivity index (χ1v) is 9.99. The van der Waals surface area contributed by atoms with Gasteiger partial charge in [0.1, 0.15) is 0 Å². The molecule has 1 aromatic rings. The maximum absolute atomic E-state index is 12.8. The zero-order valence-corrected chi connectivity index (χ0v) is 15.5. The SMILES string of the molecule is CN1CCN(S(=O)(=O)N2CCN(Cc3ccncc3Cl)CC2)CC1. The van der Waals surface area contributed by atoms with Gasteiger partial charge < -0.3 is 4.90 Å². The first-order valence-electron chi connectivity index (χ1n) is 8.21. The minimum Gasteiger partial charge on any atom is -0.304 e. The summed E-state index contributed by atoms with van der Waals surface area (Å²) in [6.07, 6.45) is 3.38. The lowest BCUT2D eigenvalue weighted by Crippen LogP contribution is -2.56. The lowest BCUT2D eigenvalue weighted by molar-refractivity contribution is 0.165. The standard InChI is InChI=1S/C15H24ClN5O2S/c1-18-4-8-20(9-5-18)24(22,23)21-10-6-19(7-11-21)13-14-2-3-17-12-15(14)16/h2-3,12H,4-11,13H2,1H3. The molecular weight excluding hydrogens is 350 g/mol. The molecule has 3 heterocycles. The summed E-state index contributed by atoms with van der Waals surface area (Å²) in [5.41, 5.74) is 1.03. The van der Waals surface area contributed by atoms with Gasteiger partial charge in [0.25, 0.3) is 10.2 Å². The summed E-state index contributed by atoms with van der Waals surface area (Å²) in [4.78, 5) is 8.38. The van der Waals surface area contributed by atoms with E-state index in [1.54, 1.807) is 21.0 Å². The largest absolute Gasteiger partial charge is 0.304 e. The number of pyridine rings is 1. The van der Waals surface area contributed by atoms with Crippen molar-refractivity contribution in [3.8, 4) is 0 Å². The van der Waals surface area contributed by atoms with E-state index >= 15 is 0 Å². The van der Waals surface area contributed by atoms with Crippen LogP contribution in [-0.2, 0) is 16.8 Å². The van der Waals surface area contributed by atoms with Crippen molar-refractivity contribution in [2.24, 2.45) is 0 Å². The fourth-order valence-electron chi connectivity index (χ4n) is 3.07. The van der Waals surface area contributed by atoms with E-state index in [2.05, 4.69) is 14.8 Å². The number of hydrogen-bond donors (Lipinski definition) is 0. The average Bonchev–Trinajstić information content (AvgIpc) is 2.58. The number of nitrogens with zero attached hydrogens (tertiary/aromatic N) is 5. The molecular formula is C15H24ClN5O2S. The lowest BCUT2D eigenvalue weighted by Gasteiger charge is -2.39. The van der Waals surface area contributed by atoms with E-state index in [0.717, 1.165) is 25.2 Å². The monoisotopic (exact) mass is 373 g/mol. The van der Waals surface area contributed by atoms with Crippen LogP contribution in [-0.4, -0.2) is 91.2 Å². The molecule has 1 aromatic heterocycles. The van der Waals surface area contributed by atoms with Gasteiger partial charge in [-0.25, -0.2) is 0 Å². The van der Waals surface area contributed by atoms with Crippen molar-refractivity contribution in [2.45, 2.75) is 6.54 Å². The number of piperazine rings is 2. The maximum atomic E-state index is 12.8. The maximum Gasteiger partial charge on any atom is 0.282 e. The van der Waals surface area contributed by atoms with Gasteiger partial charge in [-0.15, -0.1) is 0 Å². The third kappa shape index (κ3) is 4.07. The summed E-state index contributed by atoms with van der Waals surface area (Å²) in [5.74, 6) is 0. The highest BCUT2D eigenvalue weighted by atomic mass is 35.5. The molecule has 0 spiro atoms. The van der Waals surface area contributed by atoms with Crippen LogP contribution in [0.25, 0.3) is 0 Å². The highest BCUT2D eigenvalue weighted by Crippen LogP contribution is 2.19. The molecule has 9 heteroatoms. The van der Waals surface area contributed by atoms with Gasteiger partial charge in [-0.2, -0.15) is 17.0 Å². The van der Waals surface area contributed by atoms with E-state index in [1.165, 1.54) is 0 Å². The van der Waals surface area contributed by atoms with Gasteiger partial charge in [0.05, 0.1) is 5.02 Å². The molecule has 0 aliphatic carbocycles. The van der Waals surface area contributed by atoms with Crippen LogP contribution < -0.4 is 0 Å². The summed E-state index contributed by atoms with van der Waals surface area (Å²) in [6, 6.07) is 1.91. The van der Waals surface area contributed by atoms with Gasteiger partial charge in [-0.3, -0.25) is 9.88 Å². The molecule has 3 rings (SSSR count). The van der Waals surface area contributed by atoms with Crippen molar-refractivity contribution in [3.05, 3.63) is 29.0 Å². The molecule has 7 nitrogen and oxygen atoms in total.